The van der Waals surface area contributed by atoms with E-state index in [1.165, 1.54) is 0 Å². The van der Waals surface area contributed by atoms with Gasteiger partial charge in [-0.05, 0) is 31.8 Å². The van der Waals surface area contributed by atoms with Crippen LogP contribution in [0, 0.1) is 5.92 Å². The molecule has 0 spiro atoms. The van der Waals surface area contributed by atoms with Gasteiger partial charge in [0, 0.05) is 13.7 Å². The van der Waals surface area contributed by atoms with Gasteiger partial charge in [0.2, 0.25) is 0 Å². The molecular weight excluding hydrogens is 162 g/mol. The quantitative estimate of drug-likeness (QED) is 0.462. The fourth-order valence-corrected chi connectivity index (χ4v) is 1.09. The smallest absolute Gasteiger partial charge is 0.0467 e. The molecule has 0 fully saturated rings. The molecule has 0 radical (unpaired) electrons. The molecule has 0 aromatic heterocycles. The first kappa shape index (κ1) is 12.7. The van der Waals surface area contributed by atoms with Crippen molar-refractivity contribution in [3.05, 3.63) is 12.2 Å². The van der Waals surface area contributed by atoms with E-state index < -0.39 is 0 Å². The Kier molecular flexibility index (Phi) is 9.49. The lowest BCUT2D eigenvalue weighted by molar-refractivity contribution is 0.186. The molecular formula is C11H23NO. The molecule has 0 aromatic rings. The topological polar surface area (TPSA) is 21.3 Å². The summed E-state index contributed by atoms with van der Waals surface area (Å²) in [4.78, 5) is 0. The van der Waals surface area contributed by atoms with Crippen molar-refractivity contribution >= 4 is 0 Å². The summed E-state index contributed by atoms with van der Waals surface area (Å²) in [7, 11) is 1.75. The Labute approximate surface area is 82.4 Å². The summed E-state index contributed by atoms with van der Waals surface area (Å²) in [6.45, 7) is 7.36. The van der Waals surface area contributed by atoms with Crippen molar-refractivity contribution in [3.8, 4) is 0 Å². The maximum absolute atomic E-state index is 5.01. The first-order valence-electron chi connectivity index (χ1n) is 5.17. The second-order valence-electron chi connectivity index (χ2n) is 3.33. The molecule has 1 unspecified atom stereocenters. The third kappa shape index (κ3) is 9.57. The number of nitrogens with one attached hydrogen (secondary N) is 1. The van der Waals surface area contributed by atoms with Crippen molar-refractivity contribution in [3.63, 3.8) is 0 Å². The standard InChI is InChI=1S/C11H23NO/c1-4-12-9-6-5-7-11(2)8-10-13-3/h5,7,11-12H,4,6,8-10H2,1-3H3/b7-5+. The Morgan fingerprint density at radius 1 is 1.46 bits per heavy atom. The van der Waals surface area contributed by atoms with Gasteiger partial charge >= 0.3 is 0 Å². The fourth-order valence-electron chi connectivity index (χ4n) is 1.09. The Bertz CT molecular complexity index is 123. The first-order chi connectivity index (χ1) is 6.31. The van der Waals surface area contributed by atoms with Gasteiger partial charge in [0.05, 0.1) is 0 Å². The maximum Gasteiger partial charge on any atom is 0.0467 e. The minimum atomic E-state index is 0.640. The summed E-state index contributed by atoms with van der Waals surface area (Å²) < 4.78 is 5.01. The molecule has 0 bridgehead atoms. The normalized spacial score (nSPS) is 13.8. The van der Waals surface area contributed by atoms with Gasteiger partial charge in [0.1, 0.15) is 0 Å². The van der Waals surface area contributed by atoms with Crippen LogP contribution in [-0.4, -0.2) is 26.8 Å². The van der Waals surface area contributed by atoms with Crippen molar-refractivity contribution in [2.45, 2.75) is 26.7 Å². The van der Waals surface area contributed by atoms with Crippen molar-refractivity contribution in [2.24, 2.45) is 5.92 Å². The number of ether oxygens (including phenoxy) is 1. The largest absolute Gasteiger partial charge is 0.385 e. The lowest BCUT2D eigenvalue weighted by Crippen LogP contribution is -2.13. The zero-order valence-electron chi connectivity index (χ0n) is 9.18. The molecule has 0 rings (SSSR count). The van der Waals surface area contributed by atoms with Gasteiger partial charge in [0.25, 0.3) is 0 Å². The highest BCUT2D eigenvalue weighted by atomic mass is 16.5. The van der Waals surface area contributed by atoms with Crippen molar-refractivity contribution in [1.29, 1.82) is 0 Å². The molecule has 1 N–H and O–H groups in total. The Hall–Kier alpha value is -0.340. The van der Waals surface area contributed by atoms with Crippen LogP contribution in [0.2, 0.25) is 0 Å². The van der Waals surface area contributed by atoms with Gasteiger partial charge in [-0.1, -0.05) is 26.0 Å². The number of hydrogen-bond acceptors (Lipinski definition) is 2. The second-order valence-corrected chi connectivity index (χ2v) is 3.33. The van der Waals surface area contributed by atoms with E-state index in [1.807, 2.05) is 0 Å². The van der Waals surface area contributed by atoms with Crippen LogP contribution in [0.5, 0.6) is 0 Å². The molecule has 0 saturated heterocycles. The van der Waals surface area contributed by atoms with E-state index in [4.69, 9.17) is 4.74 Å². The summed E-state index contributed by atoms with van der Waals surface area (Å²) in [6.07, 6.45) is 6.78. The van der Waals surface area contributed by atoms with Crippen LogP contribution in [0.15, 0.2) is 12.2 Å². The lowest BCUT2D eigenvalue weighted by Gasteiger charge is -2.04. The zero-order chi connectivity index (χ0) is 9.94. The molecule has 13 heavy (non-hydrogen) atoms. The average Bonchev–Trinajstić information content (AvgIpc) is 2.14. The summed E-state index contributed by atoms with van der Waals surface area (Å²) >= 11 is 0. The SMILES string of the molecule is CCNCC/C=C/C(C)CCOC. The van der Waals surface area contributed by atoms with E-state index in [-0.39, 0.29) is 0 Å². The lowest BCUT2D eigenvalue weighted by atomic mass is 10.1. The molecule has 0 amide bonds. The molecule has 0 heterocycles. The van der Waals surface area contributed by atoms with E-state index in [2.05, 4.69) is 31.3 Å². The number of methoxy groups -OCH3 is 1. The minimum Gasteiger partial charge on any atom is -0.385 e. The molecule has 0 saturated carbocycles. The predicted molar refractivity (Wildman–Crippen MR) is 58.0 cm³/mol. The van der Waals surface area contributed by atoms with Crippen LogP contribution in [0.1, 0.15) is 26.7 Å². The highest BCUT2D eigenvalue weighted by Gasteiger charge is 1.94. The highest BCUT2D eigenvalue weighted by Crippen LogP contribution is 2.03. The van der Waals surface area contributed by atoms with Crippen LogP contribution in [0.4, 0.5) is 0 Å². The van der Waals surface area contributed by atoms with E-state index >= 15 is 0 Å². The maximum atomic E-state index is 5.01. The van der Waals surface area contributed by atoms with Gasteiger partial charge in [-0.25, -0.2) is 0 Å². The fraction of sp³-hybridized carbons (Fsp3) is 0.818. The van der Waals surface area contributed by atoms with Gasteiger partial charge in [-0.2, -0.15) is 0 Å². The van der Waals surface area contributed by atoms with Gasteiger partial charge in [-0.15, -0.1) is 0 Å². The van der Waals surface area contributed by atoms with Gasteiger partial charge in [-0.3, -0.25) is 0 Å². The van der Waals surface area contributed by atoms with Crippen LogP contribution in [0.25, 0.3) is 0 Å². The molecule has 0 aliphatic heterocycles. The minimum absolute atomic E-state index is 0.640. The first-order valence-corrected chi connectivity index (χ1v) is 5.17. The Morgan fingerprint density at radius 2 is 2.23 bits per heavy atom. The molecule has 78 valence electrons. The molecule has 2 nitrogen and oxygen atoms in total. The summed E-state index contributed by atoms with van der Waals surface area (Å²) in [5.41, 5.74) is 0. The third-order valence-corrected chi connectivity index (χ3v) is 1.98. The molecule has 2 heteroatoms. The van der Waals surface area contributed by atoms with Crippen LogP contribution in [0.3, 0.4) is 0 Å². The Morgan fingerprint density at radius 3 is 2.85 bits per heavy atom. The predicted octanol–water partition coefficient (Wildman–Crippen LogP) is 2.21. The van der Waals surface area contributed by atoms with Gasteiger partial charge in [0.15, 0.2) is 0 Å². The van der Waals surface area contributed by atoms with Crippen molar-refractivity contribution in [2.75, 3.05) is 26.8 Å². The Balaban J connectivity index is 3.25. The van der Waals surface area contributed by atoms with Crippen LogP contribution < -0.4 is 5.32 Å². The summed E-state index contributed by atoms with van der Waals surface area (Å²) in [6, 6.07) is 0. The van der Waals surface area contributed by atoms with E-state index in [0.717, 1.165) is 32.5 Å². The molecule has 0 aromatic carbocycles. The second kappa shape index (κ2) is 9.75. The summed E-state index contributed by atoms with van der Waals surface area (Å²) in [5.74, 6) is 0.640. The average molecular weight is 185 g/mol. The monoisotopic (exact) mass is 185 g/mol. The highest BCUT2D eigenvalue weighted by molar-refractivity contribution is 4.86. The molecule has 0 aliphatic rings. The number of rotatable bonds is 8. The number of allylic oxidation sites excluding steroid dienone is 1. The third-order valence-electron chi connectivity index (χ3n) is 1.98. The molecule has 0 aliphatic carbocycles. The number of hydrogen-bond donors (Lipinski definition) is 1. The van der Waals surface area contributed by atoms with Crippen molar-refractivity contribution in [1.82, 2.24) is 5.32 Å². The summed E-state index contributed by atoms with van der Waals surface area (Å²) in [5, 5.41) is 3.29. The molecule has 1 atom stereocenters. The van der Waals surface area contributed by atoms with Crippen LogP contribution in [-0.2, 0) is 4.74 Å². The van der Waals surface area contributed by atoms with E-state index in [0.29, 0.717) is 5.92 Å². The van der Waals surface area contributed by atoms with E-state index in [1.54, 1.807) is 7.11 Å². The van der Waals surface area contributed by atoms with Crippen LogP contribution >= 0.6 is 0 Å². The zero-order valence-corrected chi connectivity index (χ0v) is 9.18. The van der Waals surface area contributed by atoms with E-state index in [9.17, 15) is 0 Å². The van der Waals surface area contributed by atoms with Gasteiger partial charge < -0.3 is 10.1 Å². The van der Waals surface area contributed by atoms with Crippen molar-refractivity contribution < 1.29 is 4.74 Å².